The van der Waals surface area contributed by atoms with E-state index >= 15 is 0 Å². The molecule has 0 saturated carbocycles. The van der Waals surface area contributed by atoms with Crippen molar-refractivity contribution in [3.63, 3.8) is 0 Å². The van der Waals surface area contributed by atoms with Crippen molar-refractivity contribution in [3.05, 3.63) is 58.9 Å². The Morgan fingerprint density at radius 2 is 1.72 bits per heavy atom. The maximum atomic E-state index is 13.2. The van der Waals surface area contributed by atoms with E-state index in [1.54, 1.807) is 28.0 Å². The maximum absolute atomic E-state index is 13.2. The molecule has 32 heavy (non-hydrogen) atoms. The Kier molecular flexibility index (Phi) is 6.72. The first-order chi connectivity index (χ1) is 15.4. The van der Waals surface area contributed by atoms with Crippen LogP contribution in [0.3, 0.4) is 0 Å². The lowest BCUT2D eigenvalue weighted by Crippen LogP contribution is -2.50. The summed E-state index contributed by atoms with van der Waals surface area (Å²) in [6, 6.07) is 10.6. The Balaban J connectivity index is 1.35. The normalized spacial score (nSPS) is 17.0. The summed E-state index contributed by atoms with van der Waals surface area (Å²) in [5.41, 5.74) is 1.56. The van der Waals surface area contributed by atoms with E-state index in [0.29, 0.717) is 61.1 Å². The first-order valence-electron chi connectivity index (χ1n) is 10.6. The number of carbonyl (C=O) groups excluding carboxylic acids is 3. The first kappa shape index (κ1) is 22.2. The Hall–Kier alpha value is -2.97. The third-order valence-corrected chi connectivity index (χ3v) is 5.94. The van der Waals surface area contributed by atoms with Gasteiger partial charge in [-0.1, -0.05) is 11.6 Å². The van der Waals surface area contributed by atoms with Gasteiger partial charge in [0.05, 0.1) is 17.8 Å². The van der Waals surface area contributed by atoms with Crippen molar-refractivity contribution >= 4 is 40.7 Å². The average Bonchev–Trinajstić information content (AvgIpc) is 3.21. The van der Waals surface area contributed by atoms with Crippen molar-refractivity contribution in [2.75, 3.05) is 49.5 Å². The Labute approximate surface area is 190 Å². The van der Waals surface area contributed by atoms with Gasteiger partial charge in [-0.2, -0.15) is 0 Å². The number of nitrogens with zero attached hydrogens (tertiary/aromatic N) is 3. The van der Waals surface area contributed by atoms with Crippen molar-refractivity contribution in [2.24, 2.45) is 0 Å². The maximum Gasteiger partial charge on any atom is 0.256 e. The second-order valence-electron chi connectivity index (χ2n) is 7.93. The summed E-state index contributed by atoms with van der Waals surface area (Å²) in [4.78, 5) is 43.1. The quantitative estimate of drug-likeness (QED) is 0.747. The molecule has 2 aliphatic rings. The van der Waals surface area contributed by atoms with E-state index in [1.807, 2.05) is 4.90 Å². The molecule has 2 fully saturated rings. The van der Waals surface area contributed by atoms with Crippen LogP contribution in [0.4, 0.5) is 15.8 Å². The zero-order valence-electron chi connectivity index (χ0n) is 17.5. The van der Waals surface area contributed by atoms with E-state index in [4.69, 9.17) is 11.6 Å². The number of hydrogen-bond donors (Lipinski definition) is 1. The molecule has 168 valence electrons. The molecule has 0 radical (unpaired) electrons. The third-order valence-electron chi connectivity index (χ3n) is 5.71. The van der Waals surface area contributed by atoms with Crippen LogP contribution in [0.25, 0.3) is 0 Å². The van der Waals surface area contributed by atoms with E-state index < -0.39 is 0 Å². The number of anilines is 2. The number of rotatable bonds is 5. The van der Waals surface area contributed by atoms with Crippen molar-refractivity contribution in [2.45, 2.75) is 12.8 Å². The molecular weight excluding hydrogens is 435 g/mol. The summed E-state index contributed by atoms with van der Waals surface area (Å²) in [6.45, 7) is 2.81. The molecule has 9 heteroatoms. The SMILES string of the molecule is O=C(CN1CCN(C(=O)c2ccc(Cl)cc2N2CCCC2=O)CC1)Nc1ccc(F)cc1. The molecule has 7 nitrogen and oxygen atoms in total. The zero-order valence-corrected chi connectivity index (χ0v) is 18.3. The van der Waals surface area contributed by atoms with Gasteiger partial charge in [0.15, 0.2) is 0 Å². The lowest BCUT2D eigenvalue weighted by molar-refractivity contribution is -0.118. The van der Waals surface area contributed by atoms with Gasteiger partial charge in [0, 0.05) is 49.9 Å². The van der Waals surface area contributed by atoms with Crippen molar-refractivity contribution in [1.82, 2.24) is 9.80 Å². The van der Waals surface area contributed by atoms with Gasteiger partial charge in [0.25, 0.3) is 5.91 Å². The number of piperazine rings is 1. The number of carbonyl (C=O) groups is 3. The monoisotopic (exact) mass is 458 g/mol. The van der Waals surface area contributed by atoms with E-state index in [9.17, 15) is 18.8 Å². The average molecular weight is 459 g/mol. The van der Waals surface area contributed by atoms with Crippen LogP contribution in [0.5, 0.6) is 0 Å². The van der Waals surface area contributed by atoms with Crippen molar-refractivity contribution < 1.29 is 18.8 Å². The van der Waals surface area contributed by atoms with Gasteiger partial charge in [0.2, 0.25) is 11.8 Å². The van der Waals surface area contributed by atoms with Gasteiger partial charge >= 0.3 is 0 Å². The van der Waals surface area contributed by atoms with Crippen LogP contribution in [0.2, 0.25) is 5.02 Å². The Morgan fingerprint density at radius 3 is 2.38 bits per heavy atom. The largest absolute Gasteiger partial charge is 0.336 e. The highest BCUT2D eigenvalue weighted by Gasteiger charge is 2.29. The van der Waals surface area contributed by atoms with Gasteiger partial charge in [-0.3, -0.25) is 19.3 Å². The molecule has 2 aromatic carbocycles. The predicted molar refractivity (Wildman–Crippen MR) is 120 cm³/mol. The van der Waals surface area contributed by atoms with E-state index in [-0.39, 0.29) is 30.1 Å². The molecule has 0 unspecified atom stereocenters. The fourth-order valence-corrected chi connectivity index (χ4v) is 4.19. The number of halogens is 2. The van der Waals surface area contributed by atoms with E-state index in [1.165, 1.54) is 24.3 Å². The topological polar surface area (TPSA) is 73.0 Å². The fourth-order valence-electron chi connectivity index (χ4n) is 4.03. The summed E-state index contributed by atoms with van der Waals surface area (Å²) in [5, 5.41) is 3.23. The van der Waals surface area contributed by atoms with Crippen LogP contribution in [-0.2, 0) is 9.59 Å². The van der Waals surface area contributed by atoms with Gasteiger partial charge in [-0.15, -0.1) is 0 Å². The molecule has 0 aliphatic carbocycles. The van der Waals surface area contributed by atoms with Crippen LogP contribution in [-0.4, -0.2) is 66.8 Å². The van der Waals surface area contributed by atoms with Crippen LogP contribution in [0, 0.1) is 5.82 Å². The molecular formula is C23H24ClFN4O3. The second-order valence-corrected chi connectivity index (χ2v) is 8.37. The minimum absolute atomic E-state index is 0.00157. The summed E-state index contributed by atoms with van der Waals surface area (Å²) in [5.74, 6) is -0.698. The molecule has 0 aromatic heterocycles. The molecule has 2 aliphatic heterocycles. The van der Waals surface area contributed by atoms with Crippen LogP contribution in [0.15, 0.2) is 42.5 Å². The molecule has 4 rings (SSSR count). The third kappa shape index (κ3) is 5.08. The van der Waals surface area contributed by atoms with Gasteiger partial charge in [-0.05, 0) is 48.9 Å². The van der Waals surface area contributed by atoms with Gasteiger partial charge in [0.1, 0.15) is 5.82 Å². The summed E-state index contributed by atoms with van der Waals surface area (Å²) in [6.07, 6.45) is 1.23. The molecule has 2 heterocycles. The minimum atomic E-state index is -0.360. The number of benzene rings is 2. The van der Waals surface area contributed by atoms with E-state index in [0.717, 1.165) is 6.42 Å². The predicted octanol–water partition coefficient (Wildman–Crippen LogP) is 3.00. The molecule has 0 bridgehead atoms. The lowest BCUT2D eigenvalue weighted by Gasteiger charge is -2.35. The summed E-state index contributed by atoms with van der Waals surface area (Å²) in [7, 11) is 0. The zero-order chi connectivity index (χ0) is 22.7. The Bertz CT molecular complexity index is 1020. The standard InChI is InChI=1S/C23H24ClFN4O3/c24-16-3-8-19(20(14-16)29-9-1-2-22(29)31)23(32)28-12-10-27(11-13-28)15-21(30)26-18-6-4-17(25)5-7-18/h3-8,14H,1-2,9-13,15H2,(H,26,30). The number of amides is 3. The van der Waals surface area contributed by atoms with Crippen molar-refractivity contribution in [3.8, 4) is 0 Å². The molecule has 2 saturated heterocycles. The number of nitrogens with one attached hydrogen (secondary N) is 1. The van der Waals surface area contributed by atoms with Gasteiger partial charge in [-0.25, -0.2) is 4.39 Å². The van der Waals surface area contributed by atoms with Crippen LogP contribution >= 0.6 is 11.6 Å². The lowest BCUT2D eigenvalue weighted by atomic mass is 10.1. The minimum Gasteiger partial charge on any atom is -0.336 e. The van der Waals surface area contributed by atoms with Gasteiger partial charge < -0.3 is 15.1 Å². The summed E-state index contributed by atoms with van der Waals surface area (Å²) >= 11 is 6.14. The van der Waals surface area contributed by atoms with Crippen molar-refractivity contribution in [1.29, 1.82) is 0 Å². The van der Waals surface area contributed by atoms with Crippen LogP contribution in [0.1, 0.15) is 23.2 Å². The Morgan fingerprint density at radius 1 is 1.00 bits per heavy atom. The van der Waals surface area contributed by atoms with Crippen LogP contribution < -0.4 is 10.2 Å². The second kappa shape index (κ2) is 9.67. The smallest absolute Gasteiger partial charge is 0.256 e. The molecule has 2 aromatic rings. The molecule has 3 amide bonds. The summed E-state index contributed by atoms with van der Waals surface area (Å²) < 4.78 is 13.0. The highest BCUT2D eigenvalue weighted by molar-refractivity contribution is 6.31. The molecule has 0 atom stereocenters. The molecule has 0 spiro atoms. The molecule has 1 N–H and O–H groups in total. The fraction of sp³-hybridized carbons (Fsp3) is 0.348. The number of hydrogen-bond acceptors (Lipinski definition) is 4. The first-order valence-corrected chi connectivity index (χ1v) is 11.0. The highest BCUT2D eigenvalue weighted by atomic mass is 35.5. The highest BCUT2D eigenvalue weighted by Crippen LogP contribution is 2.30. The van der Waals surface area contributed by atoms with E-state index in [2.05, 4.69) is 5.32 Å².